The standard InChI is InChI=1S/C20H26FN5O/c1-15-23-19(22-14-16-5-4-12-27-16)13-20(24-15)26-10-8-25(9-11-26)18-7-3-2-6-17(18)21/h2-3,6-7,13,16H,4-5,8-12,14H2,1H3,(H,22,23,24). The van der Waals surface area contributed by atoms with E-state index in [2.05, 4.69) is 25.1 Å². The zero-order valence-electron chi connectivity index (χ0n) is 15.7. The van der Waals surface area contributed by atoms with Gasteiger partial charge >= 0.3 is 0 Å². The predicted octanol–water partition coefficient (Wildman–Crippen LogP) is 2.84. The van der Waals surface area contributed by atoms with Crippen molar-refractivity contribution < 1.29 is 9.13 Å². The Hall–Kier alpha value is -2.41. The number of halogens is 1. The average Bonchev–Trinajstić information content (AvgIpc) is 3.20. The van der Waals surface area contributed by atoms with E-state index in [0.717, 1.165) is 69.6 Å². The smallest absolute Gasteiger partial charge is 0.146 e. The zero-order chi connectivity index (χ0) is 18.6. The van der Waals surface area contributed by atoms with Crippen molar-refractivity contribution >= 4 is 17.3 Å². The SMILES string of the molecule is Cc1nc(NCC2CCCO2)cc(N2CCN(c3ccccc3F)CC2)n1. The second-order valence-electron chi connectivity index (χ2n) is 7.10. The number of anilines is 3. The third-order valence-electron chi connectivity index (χ3n) is 5.16. The number of hydrogen-bond donors (Lipinski definition) is 1. The molecule has 2 aliphatic heterocycles. The second kappa shape index (κ2) is 8.08. The Morgan fingerprint density at radius 3 is 2.67 bits per heavy atom. The molecule has 27 heavy (non-hydrogen) atoms. The van der Waals surface area contributed by atoms with Crippen molar-refractivity contribution in [2.24, 2.45) is 0 Å². The molecule has 1 aromatic heterocycles. The lowest BCUT2D eigenvalue weighted by Gasteiger charge is -2.37. The summed E-state index contributed by atoms with van der Waals surface area (Å²) in [6, 6.07) is 8.96. The molecule has 7 heteroatoms. The van der Waals surface area contributed by atoms with E-state index in [1.165, 1.54) is 6.07 Å². The predicted molar refractivity (Wildman–Crippen MR) is 105 cm³/mol. The Morgan fingerprint density at radius 2 is 1.93 bits per heavy atom. The van der Waals surface area contributed by atoms with Crippen LogP contribution in [0.5, 0.6) is 0 Å². The quantitative estimate of drug-likeness (QED) is 0.872. The Labute approximate surface area is 159 Å². The van der Waals surface area contributed by atoms with E-state index in [0.29, 0.717) is 5.69 Å². The minimum Gasteiger partial charge on any atom is -0.376 e. The topological polar surface area (TPSA) is 53.5 Å². The number of nitrogens with one attached hydrogen (secondary N) is 1. The molecule has 144 valence electrons. The maximum Gasteiger partial charge on any atom is 0.146 e. The summed E-state index contributed by atoms with van der Waals surface area (Å²) < 4.78 is 19.7. The monoisotopic (exact) mass is 371 g/mol. The molecule has 0 amide bonds. The molecular formula is C20H26FN5O. The van der Waals surface area contributed by atoms with Crippen molar-refractivity contribution in [2.45, 2.75) is 25.9 Å². The molecular weight excluding hydrogens is 345 g/mol. The van der Waals surface area contributed by atoms with Crippen LogP contribution in [0.2, 0.25) is 0 Å². The minimum atomic E-state index is -0.163. The number of ether oxygens (including phenoxy) is 1. The van der Waals surface area contributed by atoms with Crippen LogP contribution in [-0.2, 0) is 4.74 Å². The molecule has 0 radical (unpaired) electrons. The molecule has 4 rings (SSSR count). The molecule has 0 saturated carbocycles. The zero-order valence-corrected chi connectivity index (χ0v) is 15.7. The van der Waals surface area contributed by atoms with Crippen LogP contribution in [0.1, 0.15) is 18.7 Å². The fourth-order valence-electron chi connectivity index (χ4n) is 3.71. The van der Waals surface area contributed by atoms with E-state index in [1.807, 2.05) is 25.1 Å². The molecule has 1 atom stereocenters. The van der Waals surface area contributed by atoms with Crippen LogP contribution in [0.25, 0.3) is 0 Å². The number of benzene rings is 1. The Balaban J connectivity index is 1.39. The van der Waals surface area contributed by atoms with Crippen molar-refractivity contribution in [3.8, 4) is 0 Å². The number of para-hydroxylation sites is 1. The molecule has 2 fully saturated rings. The fourth-order valence-corrected chi connectivity index (χ4v) is 3.71. The van der Waals surface area contributed by atoms with Gasteiger partial charge in [-0.15, -0.1) is 0 Å². The molecule has 0 aliphatic carbocycles. The van der Waals surface area contributed by atoms with Crippen LogP contribution in [0.15, 0.2) is 30.3 Å². The van der Waals surface area contributed by atoms with E-state index in [9.17, 15) is 4.39 Å². The first-order valence-electron chi connectivity index (χ1n) is 9.64. The minimum absolute atomic E-state index is 0.163. The Kier molecular flexibility index (Phi) is 5.38. The summed E-state index contributed by atoms with van der Waals surface area (Å²) in [4.78, 5) is 13.4. The lowest BCUT2D eigenvalue weighted by atomic mass is 10.2. The number of rotatable bonds is 5. The van der Waals surface area contributed by atoms with Gasteiger partial charge in [0.2, 0.25) is 0 Å². The fraction of sp³-hybridized carbons (Fsp3) is 0.500. The van der Waals surface area contributed by atoms with E-state index >= 15 is 0 Å². The lowest BCUT2D eigenvalue weighted by molar-refractivity contribution is 0.120. The molecule has 2 aromatic rings. The van der Waals surface area contributed by atoms with E-state index in [1.54, 1.807) is 6.07 Å². The van der Waals surface area contributed by atoms with E-state index < -0.39 is 0 Å². The molecule has 3 heterocycles. The maximum atomic E-state index is 14.0. The first kappa shape index (κ1) is 18.0. The van der Waals surface area contributed by atoms with Gasteiger partial charge in [-0.25, -0.2) is 14.4 Å². The number of aryl methyl sites for hydroxylation is 1. The second-order valence-corrected chi connectivity index (χ2v) is 7.10. The van der Waals surface area contributed by atoms with Gasteiger partial charge in [0.25, 0.3) is 0 Å². The van der Waals surface area contributed by atoms with Crippen molar-refractivity contribution in [3.63, 3.8) is 0 Å². The van der Waals surface area contributed by atoms with Gasteiger partial charge in [-0.2, -0.15) is 0 Å². The van der Waals surface area contributed by atoms with Gasteiger partial charge in [0, 0.05) is 45.4 Å². The van der Waals surface area contributed by atoms with Gasteiger partial charge in [-0.05, 0) is 31.9 Å². The van der Waals surface area contributed by atoms with Crippen molar-refractivity contribution in [2.75, 3.05) is 54.4 Å². The molecule has 2 aliphatic rings. The van der Waals surface area contributed by atoms with Gasteiger partial charge in [0.1, 0.15) is 23.3 Å². The van der Waals surface area contributed by atoms with Gasteiger partial charge in [0.15, 0.2) is 0 Å². The Morgan fingerprint density at radius 1 is 1.15 bits per heavy atom. The molecule has 1 N–H and O–H groups in total. The summed E-state index contributed by atoms with van der Waals surface area (Å²) >= 11 is 0. The summed E-state index contributed by atoms with van der Waals surface area (Å²) in [6.07, 6.45) is 2.50. The first-order chi connectivity index (χ1) is 13.2. The van der Waals surface area contributed by atoms with Crippen LogP contribution >= 0.6 is 0 Å². The van der Waals surface area contributed by atoms with Crippen LogP contribution in [0, 0.1) is 12.7 Å². The number of nitrogens with zero attached hydrogens (tertiary/aromatic N) is 4. The lowest BCUT2D eigenvalue weighted by Crippen LogP contribution is -2.47. The molecule has 0 spiro atoms. The van der Waals surface area contributed by atoms with Crippen LogP contribution < -0.4 is 15.1 Å². The summed E-state index contributed by atoms with van der Waals surface area (Å²) in [7, 11) is 0. The molecule has 0 bridgehead atoms. The van der Waals surface area contributed by atoms with Crippen molar-refractivity contribution in [1.82, 2.24) is 9.97 Å². The highest BCUT2D eigenvalue weighted by molar-refractivity contribution is 5.53. The van der Waals surface area contributed by atoms with Gasteiger partial charge in [-0.1, -0.05) is 12.1 Å². The van der Waals surface area contributed by atoms with Crippen LogP contribution in [-0.4, -0.2) is 55.4 Å². The molecule has 1 aromatic carbocycles. The highest BCUT2D eigenvalue weighted by atomic mass is 19.1. The van der Waals surface area contributed by atoms with Crippen LogP contribution in [0.3, 0.4) is 0 Å². The largest absolute Gasteiger partial charge is 0.376 e. The molecule has 1 unspecified atom stereocenters. The van der Waals surface area contributed by atoms with Crippen molar-refractivity contribution in [1.29, 1.82) is 0 Å². The van der Waals surface area contributed by atoms with Gasteiger partial charge in [-0.3, -0.25) is 0 Å². The summed E-state index contributed by atoms with van der Waals surface area (Å²) in [6.45, 7) is 6.68. The Bertz CT molecular complexity index is 773. The maximum absolute atomic E-state index is 14.0. The highest BCUT2D eigenvalue weighted by Crippen LogP contribution is 2.23. The van der Waals surface area contributed by atoms with E-state index in [4.69, 9.17) is 4.74 Å². The van der Waals surface area contributed by atoms with Crippen LogP contribution in [0.4, 0.5) is 21.7 Å². The molecule has 2 saturated heterocycles. The average molecular weight is 371 g/mol. The summed E-state index contributed by atoms with van der Waals surface area (Å²) in [5, 5.41) is 3.39. The molecule has 6 nitrogen and oxygen atoms in total. The number of piperazine rings is 1. The number of aromatic nitrogens is 2. The third-order valence-corrected chi connectivity index (χ3v) is 5.16. The summed E-state index contributed by atoms with van der Waals surface area (Å²) in [5.41, 5.74) is 0.676. The van der Waals surface area contributed by atoms with Crippen molar-refractivity contribution in [3.05, 3.63) is 42.0 Å². The summed E-state index contributed by atoms with van der Waals surface area (Å²) in [5.74, 6) is 2.35. The van der Waals surface area contributed by atoms with E-state index in [-0.39, 0.29) is 11.9 Å². The van der Waals surface area contributed by atoms with Gasteiger partial charge < -0.3 is 19.9 Å². The van der Waals surface area contributed by atoms with Gasteiger partial charge in [0.05, 0.1) is 11.8 Å². The number of hydrogen-bond acceptors (Lipinski definition) is 6. The third kappa shape index (κ3) is 4.30. The first-order valence-corrected chi connectivity index (χ1v) is 9.64. The highest BCUT2D eigenvalue weighted by Gasteiger charge is 2.21. The normalized spacial score (nSPS) is 20.1.